The van der Waals surface area contributed by atoms with Crippen LogP contribution in [0.15, 0.2) is 10.9 Å². The van der Waals surface area contributed by atoms with Crippen LogP contribution in [0, 0.1) is 24.7 Å². The van der Waals surface area contributed by atoms with E-state index in [-0.39, 0.29) is 34.5 Å². The van der Waals surface area contributed by atoms with Gasteiger partial charge >= 0.3 is 0 Å². The monoisotopic (exact) mass is 301 g/mol. The number of pyridine rings is 1. The summed E-state index contributed by atoms with van der Waals surface area (Å²) in [6.45, 7) is 1.69. The zero-order chi connectivity index (χ0) is 15.6. The SMILES string of the molecule is COC12CCC(CC1)C1C(=O)c3c(cc(=O)[nH]c3C)C(=O)C12. The maximum atomic E-state index is 13.1. The molecule has 0 amide bonds. The number of methoxy groups -OCH3 is 1. The topological polar surface area (TPSA) is 76.2 Å². The zero-order valence-corrected chi connectivity index (χ0v) is 12.8. The lowest BCUT2D eigenvalue weighted by Gasteiger charge is -2.55. The first-order valence-corrected chi connectivity index (χ1v) is 7.86. The molecule has 3 fully saturated rings. The Bertz CT molecular complexity index is 740. The standard InChI is InChI=1S/C17H19NO4/c1-8-12-10(7-11(19)18-8)15(20)14-13(16(12)21)9-3-5-17(14,22-2)6-4-9/h7,9,13-14H,3-6H2,1-2H3,(H,18,19). The van der Waals surface area contributed by atoms with Gasteiger partial charge in [-0.15, -0.1) is 0 Å². The third-order valence-corrected chi connectivity index (χ3v) is 6.04. The number of nitrogens with one attached hydrogen (secondary N) is 1. The van der Waals surface area contributed by atoms with Crippen molar-refractivity contribution in [3.8, 4) is 0 Å². The minimum atomic E-state index is -0.527. The summed E-state index contributed by atoms with van der Waals surface area (Å²) in [4.78, 5) is 40.5. The Morgan fingerprint density at radius 2 is 1.86 bits per heavy atom. The Kier molecular flexibility index (Phi) is 2.77. The fourth-order valence-electron chi connectivity index (χ4n) is 5.03. The molecule has 0 aliphatic heterocycles. The third-order valence-electron chi connectivity index (χ3n) is 6.04. The molecule has 0 spiro atoms. The van der Waals surface area contributed by atoms with Gasteiger partial charge in [0.2, 0.25) is 5.56 Å². The first-order valence-electron chi connectivity index (χ1n) is 7.86. The molecule has 4 aliphatic rings. The molecule has 0 aromatic carbocycles. The van der Waals surface area contributed by atoms with Gasteiger partial charge in [-0.3, -0.25) is 14.4 Å². The quantitative estimate of drug-likeness (QED) is 0.859. The van der Waals surface area contributed by atoms with Crippen molar-refractivity contribution in [1.29, 1.82) is 0 Å². The van der Waals surface area contributed by atoms with Crippen molar-refractivity contribution in [2.45, 2.75) is 38.2 Å². The molecule has 1 aromatic rings. The Hall–Kier alpha value is -1.75. The molecule has 5 heteroatoms. The number of aromatic nitrogens is 1. The Labute approximate surface area is 128 Å². The van der Waals surface area contributed by atoms with E-state index in [9.17, 15) is 14.4 Å². The molecule has 5 nitrogen and oxygen atoms in total. The Morgan fingerprint density at radius 3 is 2.50 bits per heavy atom. The van der Waals surface area contributed by atoms with Gasteiger partial charge in [0.1, 0.15) is 0 Å². The smallest absolute Gasteiger partial charge is 0.248 e. The normalized spacial score (nSPS) is 36.2. The van der Waals surface area contributed by atoms with Gasteiger partial charge in [-0.1, -0.05) is 0 Å². The van der Waals surface area contributed by atoms with E-state index in [1.165, 1.54) is 6.07 Å². The van der Waals surface area contributed by atoms with E-state index in [2.05, 4.69) is 4.98 Å². The lowest BCUT2D eigenvalue weighted by molar-refractivity contribution is -0.134. The number of ether oxygens (including phenoxy) is 1. The molecule has 1 aromatic heterocycles. The van der Waals surface area contributed by atoms with Crippen LogP contribution in [0.25, 0.3) is 0 Å². The molecule has 0 radical (unpaired) electrons. The summed E-state index contributed by atoms with van der Waals surface area (Å²) in [5.41, 5.74) is 0.358. The van der Waals surface area contributed by atoms with E-state index in [4.69, 9.17) is 4.74 Å². The molecule has 2 atom stereocenters. The van der Waals surface area contributed by atoms with Gasteiger partial charge in [0.25, 0.3) is 0 Å². The third kappa shape index (κ3) is 1.55. The van der Waals surface area contributed by atoms with Crippen molar-refractivity contribution in [3.63, 3.8) is 0 Å². The summed E-state index contributed by atoms with van der Waals surface area (Å²) in [5, 5.41) is 0. The minimum absolute atomic E-state index is 0.0131. The van der Waals surface area contributed by atoms with Crippen LogP contribution >= 0.6 is 0 Å². The first kappa shape index (κ1) is 13.9. The number of carbonyl (C=O) groups is 2. The minimum Gasteiger partial charge on any atom is -0.377 e. The predicted molar refractivity (Wildman–Crippen MR) is 79.1 cm³/mol. The zero-order valence-electron chi connectivity index (χ0n) is 12.8. The Morgan fingerprint density at radius 1 is 1.18 bits per heavy atom. The molecular formula is C17H19NO4. The van der Waals surface area contributed by atoms with E-state index >= 15 is 0 Å². The number of carbonyl (C=O) groups excluding carboxylic acids is 2. The maximum absolute atomic E-state index is 13.1. The van der Waals surface area contributed by atoms with Crippen LogP contribution in [-0.4, -0.2) is 29.3 Å². The summed E-state index contributed by atoms with van der Waals surface area (Å²) in [6, 6.07) is 1.28. The van der Waals surface area contributed by atoms with Gasteiger partial charge in [-0.05, 0) is 38.5 Å². The molecule has 3 saturated carbocycles. The second-order valence-electron chi connectivity index (χ2n) is 6.89. The van der Waals surface area contributed by atoms with E-state index in [1.54, 1.807) is 14.0 Å². The molecule has 2 unspecified atom stereocenters. The molecular weight excluding hydrogens is 282 g/mol. The summed E-state index contributed by atoms with van der Waals surface area (Å²) in [6.07, 6.45) is 3.52. The summed E-state index contributed by atoms with van der Waals surface area (Å²) in [5.74, 6) is -0.518. The number of H-pyrrole nitrogens is 1. The highest BCUT2D eigenvalue weighted by atomic mass is 16.5. The molecule has 4 aliphatic carbocycles. The molecule has 0 saturated heterocycles. The first-order chi connectivity index (χ1) is 10.5. The molecule has 2 bridgehead atoms. The largest absolute Gasteiger partial charge is 0.377 e. The highest BCUT2D eigenvalue weighted by Gasteiger charge is 2.61. The van der Waals surface area contributed by atoms with Gasteiger partial charge in [0, 0.05) is 35.9 Å². The average molecular weight is 301 g/mol. The van der Waals surface area contributed by atoms with E-state index in [0.29, 0.717) is 11.3 Å². The second kappa shape index (κ2) is 4.38. The lowest BCUT2D eigenvalue weighted by Crippen LogP contribution is -2.61. The number of aromatic amines is 1. The molecule has 1 N–H and O–H groups in total. The van der Waals surface area contributed by atoms with Gasteiger partial charge < -0.3 is 9.72 Å². The van der Waals surface area contributed by atoms with Crippen LogP contribution in [0.5, 0.6) is 0 Å². The van der Waals surface area contributed by atoms with Gasteiger partial charge in [0.05, 0.1) is 11.5 Å². The lowest BCUT2D eigenvalue weighted by atomic mass is 9.51. The summed E-state index contributed by atoms with van der Waals surface area (Å²) >= 11 is 0. The number of hydrogen-bond donors (Lipinski definition) is 1. The van der Waals surface area contributed by atoms with E-state index in [1.807, 2.05) is 0 Å². The molecule has 22 heavy (non-hydrogen) atoms. The van der Waals surface area contributed by atoms with Crippen LogP contribution in [0.4, 0.5) is 0 Å². The number of hydrogen-bond acceptors (Lipinski definition) is 4. The number of fused-ring (bicyclic) bond motifs is 3. The molecule has 116 valence electrons. The van der Waals surface area contributed by atoms with Crippen molar-refractivity contribution in [2.24, 2.45) is 17.8 Å². The molecule has 1 heterocycles. The van der Waals surface area contributed by atoms with Gasteiger partial charge in [0.15, 0.2) is 11.6 Å². The van der Waals surface area contributed by atoms with Gasteiger partial charge in [-0.2, -0.15) is 0 Å². The van der Waals surface area contributed by atoms with Crippen molar-refractivity contribution < 1.29 is 14.3 Å². The fraction of sp³-hybridized carbons (Fsp3) is 0.588. The van der Waals surface area contributed by atoms with Crippen LogP contribution < -0.4 is 5.56 Å². The fourth-order valence-corrected chi connectivity index (χ4v) is 5.03. The number of rotatable bonds is 1. The molecule has 5 rings (SSSR count). The van der Waals surface area contributed by atoms with E-state index in [0.717, 1.165) is 25.7 Å². The summed E-state index contributed by atoms with van der Waals surface area (Å²) in [7, 11) is 1.64. The van der Waals surface area contributed by atoms with Gasteiger partial charge in [-0.25, -0.2) is 0 Å². The van der Waals surface area contributed by atoms with Crippen LogP contribution in [0.2, 0.25) is 0 Å². The number of aryl methyl sites for hydroxylation is 1. The number of Topliss-reactive ketones (excluding diaryl/α,β-unsaturated/α-hetero) is 2. The van der Waals surface area contributed by atoms with Crippen molar-refractivity contribution in [1.82, 2.24) is 4.98 Å². The van der Waals surface area contributed by atoms with Crippen LogP contribution in [0.3, 0.4) is 0 Å². The average Bonchev–Trinajstić information content (AvgIpc) is 2.52. The van der Waals surface area contributed by atoms with Crippen molar-refractivity contribution in [3.05, 3.63) is 33.2 Å². The summed E-state index contributed by atoms with van der Waals surface area (Å²) < 4.78 is 5.77. The van der Waals surface area contributed by atoms with Crippen molar-refractivity contribution >= 4 is 11.6 Å². The maximum Gasteiger partial charge on any atom is 0.248 e. The Balaban J connectivity index is 1.96. The predicted octanol–water partition coefficient (Wildman–Crippen LogP) is 1.88. The van der Waals surface area contributed by atoms with Crippen LogP contribution in [0.1, 0.15) is 52.1 Å². The highest BCUT2D eigenvalue weighted by molar-refractivity contribution is 6.17. The number of ketones is 2. The van der Waals surface area contributed by atoms with Crippen molar-refractivity contribution in [2.75, 3.05) is 7.11 Å². The second-order valence-corrected chi connectivity index (χ2v) is 6.89. The van der Waals surface area contributed by atoms with E-state index < -0.39 is 11.5 Å². The van der Waals surface area contributed by atoms with Crippen LogP contribution in [-0.2, 0) is 4.74 Å². The highest BCUT2D eigenvalue weighted by Crippen LogP contribution is 2.56.